The minimum atomic E-state index is -0.386. The standard InChI is InChI=1S/C13H13FN2O/c1-9-2-3-10(8-11(9)14)12(17)16-13(4-5-13)6-7-15/h2-3,8H,4-6H2,1H3,(H,16,17). The molecule has 1 amide bonds. The van der Waals surface area contributed by atoms with Crippen LogP contribution in [0.1, 0.15) is 35.2 Å². The van der Waals surface area contributed by atoms with Crippen molar-refractivity contribution in [1.29, 1.82) is 5.26 Å². The number of hydrogen-bond acceptors (Lipinski definition) is 2. The zero-order valence-corrected chi connectivity index (χ0v) is 9.59. The van der Waals surface area contributed by atoms with Gasteiger partial charge in [-0.25, -0.2) is 4.39 Å². The number of halogens is 1. The van der Waals surface area contributed by atoms with E-state index in [0.717, 1.165) is 12.8 Å². The highest BCUT2D eigenvalue weighted by Crippen LogP contribution is 2.38. The van der Waals surface area contributed by atoms with Gasteiger partial charge in [-0.1, -0.05) is 6.07 Å². The lowest BCUT2D eigenvalue weighted by Gasteiger charge is -2.13. The van der Waals surface area contributed by atoms with Crippen molar-refractivity contribution in [1.82, 2.24) is 5.32 Å². The summed E-state index contributed by atoms with van der Waals surface area (Å²) in [6, 6.07) is 6.46. The molecule has 17 heavy (non-hydrogen) atoms. The van der Waals surface area contributed by atoms with E-state index in [9.17, 15) is 9.18 Å². The molecule has 1 aliphatic carbocycles. The molecule has 0 saturated heterocycles. The van der Waals surface area contributed by atoms with Crippen LogP contribution < -0.4 is 5.32 Å². The monoisotopic (exact) mass is 232 g/mol. The van der Waals surface area contributed by atoms with E-state index in [4.69, 9.17) is 5.26 Å². The fourth-order valence-corrected chi connectivity index (χ4v) is 1.70. The maximum Gasteiger partial charge on any atom is 0.251 e. The molecule has 1 aliphatic rings. The summed E-state index contributed by atoms with van der Waals surface area (Å²) in [5.74, 6) is -0.695. The Morgan fingerprint density at radius 1 is 1.59 bits per heavy atom. The number of rotatable bonds is 3. The molecule has 0 spiro atoms. The Morgan fingerprint density at radius 3 is 2.82 bits per heavy atom. The molecule has 2 rings (SSSR count). The van der Waals surface area contributed by atoms with E-state index in [2.05, 4.69) is 11.4 Å². The first-order chi connectivity index (χ1) is 8.06. The summed E-state index contributed by atoms with van der Waals surface area (Å²) in [6.07, 6.45) is 1.95. The molecule has 1 saturated carbocycles. The molecule has 1 aromatic carbocycles. The molecule has 1 N–H and O–H groups in total. The lowest BCUT2D eigenvalue weighted by Crippen LogP contribution is -2.36. The van der Waals surface area contributed by atoms with Gasteiger partial charge < -0.3 is 5.32 Å². The van der Waals surface area contributed by atoms with Crippen molar-refractivity contribution in [3.8, 4) is 6.07 Å². The molecule has 0 heterocycles. The Morgan fingerprint density at radius 2 is 2.29 bits per heavy atom. The van der Waals surface area contributed by atoms with Gasteiger partial charge in [-0.15, -0.1) is 0 Å². The van der Waals surface area contributed by atoms with Crippen molar-refractivity contribution in [2.45, 2.75) is 31.7 Å². The highest BCUT2D eigenvalue weighted by atomic mass is 19.1. The minimum Gasteiger partial charge on any atom is -0.346 e. The van der Waals surface area contributed by atoms with Crippen molar-refractivity contribution in [3.63, 3.8) is 0 Å². The lowest BCUT2D eigenvalue weighted by atomic mass is 10.1. The molecule has 0 aromatic heterocycles. The van der Waals surface area contributed by atoms with E-state index >= 15 is 0 Å². The van der Waals surface area contributed by atoms with Crippen LogP contribution in [0.2, 0.25) is 0 Å². The topological polar surface area (TPSA) is 52.9 Å². The molecule has 1 fully saturated rings. The average molecular weight is 232 g/mol. The van der Waals surface area contributed by atoms with E-state index in [1.54, 1.807) is 19.1 Å². The molecule has 4 heteroatoms. The van der Waals surface area contributed by atoms with Crippen LogP contribution in [-0.4, -0.2) is 11.4 Å². The zero-order chi connectivity index (χ0) is 12.5. The summed E-state index contributed by atoms with van der Waals surface area (Å²) < 4.78 is 13.3. The molecule has 0 bridgehead atoms. The molecule has 88 valence electrons. The van der Waals surface area contributed by atoms with Crippen LogP contribution in [0.25, 0.3) is 0 Å². The molecular weight excluding hydrogens is 219 g/mol. The highest BCUT2D eigenvalue weighted by Gasteiger charge is 2.43. The summed E-state index contributed by atoms with van der Waals surface area (Å²) in [4.78, 5) is 11.9. The van der Waals surface area contributed by atoms with Crippen LogP contribution in [0.3, 0.4) is 0 Å². The van der Waals surface area contributed by atoms with Crippen molar-refractivity contribution in [3.05, 3.63) is 35.1 Å². The molecule has 1 aromatic rings. The van der Waals surface area contributed by atoms with Crippen LogP contribution in [0.15, 0.2) is 18.2 Å². The largest absolute Gasteiger partial charge is 0.346 e. The van der Waals surface area contributed by atoms with Gasteiger partial charge in [0.15, 0.2) is 0 Å². The normalized spacial score (nSPS) is 16.1. The van der Waals surface area contributed by atoms with E-state index < -0.39 is 0 Å². The van der Waals surface area contributed by atoms with Gasteiger partial charge >= 0.3 is 0 Å². The lowest BCUT2D eigenvalue weighted by molar-refractivity contribution is 0.0932. The second-order valence-electron chi connectivity index (χ2n) is 4.53. The van der Waals surface area contributed by atoms with Gasteiger partial charge in [0.05, 0.1) is 18.0 Å². The van der Waals surface area contributed by atoms with Crippen molar-refractivity contribution in [2.24, 2.45) is 0 Å². The van der Waals surface area contributed by atoms with Crippen molar-refractivity contribution < 1.29 is 9.18 Å². The smallest absolute Gasteiger partial charge is 0.251 e. The van der Waals surface area contributed by atoms with E-state index in [-0.39, 0.29) is 17.3 Å². The summed E-state index contributed by atoms with van der Waals surface area (Å²) in [5.41, 5.74) is 0.449. The highest BCUT2D eigenvalue weighted by molar-refractivity contribution is 5.95. The van der Waals surface area contributed by atoms with Crippen molar-refractivity contribution in [2.75, 3.05) is 0 Å². The molecular formula is C13H13FN2O. The summed E-state index contributed by atoms with van der Waals surface area (Å²) in [7, 11) is 0. The van der Waals surface area contributed by atoms with E-state index in [1.165, 1.54) is 6.07 Å². The van der Waals surface area contributed by atoms with Gasteiger partial charge in [-0.3, -0.25) is 4.79 Å². The van der Waals surface area contributed by atoms with Crippen LogP contribution in [0.5, 0.6) is 0 Å². The third kappa shape index (κ3) is 2.44. The number of carbonyl (C=O) groups is 1. The number of benzene rings is 1. The van der Waals surface area contributed by atoms with Gasteiger partial charge in [-0.2, -0.15) is 5.26 Å². The Kier molecular flexibility index (Phi) is 2.84. The Balaban J connectivity index is 2.10. The number of nitrogens with zero attached hydrogens (tertiary/aromatic N) is 1. The fourth-order valence-electron chi connectivity index (χ4n) is 1.70. The van der Waals surface area contributed by atoms with E-state index in [0.29, 0.717) is 17.5 Å². The van der Waals surface area contributed by atoms with Gasteiger partial charge in [0.1, 0.15) is 5.82 Å². The number of aryl methyl sites for hydroxylation is 1. The van der Waals surface area contributed by atoms with Crippen LogP contribution in [0.4, 0.5) is 4.39 Å². The van der Waals surface area contributed by atoms with E-state index in [1.807, 2.05) is 0 Å². The van der Waals surface area contributed by atoms with Gasteiger partial charge in [0, 0.05) is 5.56 Å². The summed E-state index contributed by atoms with van der Waals surface area (Å²) in [6.45, 7) is 1.65. The minimum absolute atomic E-state index is 0.303. The second-order valence-corrected chi connectivity index (χ2v) is 4.53. The maximum atomic E-state index is 13.3. The molecule has 0 radical (unpaired) electrons. The third-order valence-corrected chi connectivity index (χ3v) is 3.08. The quantitative estimate of drug-likeness (QED) is 0.869. The number of carbonyl (C=O) groups excluding carboxylic acids is 1. The van der Waals surface area contributed by atoms with Crippen LogP contribution >= 0.6 is 0 Å². The summed E-state index contributed by atoms with van der Waals surface area (Å²) in [5, 5.41) is 11.4. The van der Waals surface area contributed by atoms with Gasteiger partial charge in [0.2, 0.25) is 0 Å². The number of hydrogen-bond donors (Lipinski definition) is 1. The van der Waals surface area contributed by atoms with Crippen LogP contribution in [0, 0.1) is 24.1 Å². The number of nitriles is 1. The fraction of sp³-hybridized carbons (Fsp3) is 0.385. The average Bonchev–Trinajstić information content (AvgIpc) is 3.02. The molecule has 0 atom stereocenters. The first kappa shape index (κ1) is 11.6. The SMILES string of the molecule is Cc1ccc(C(=O)NC2(CC#N)CC2)cc1F. The number of amides is 1. The predicted octanol–water partition coefficient (Wildman–Crippen LogP) is 2.31. The predicted molar refractivity (Wildman–Crippen MR) is 60.8 cm³/mol. The summed E-state index contributed by atoms with van der Waals surface area (Å²) >= 11 is 0. The Labute approximate surface area is 99.2 Å². The zero-order valence-electron chi connectivity index (χ0n) is 9.59. The van der Waals surface area contributed by atoms with Crippen LogP contribution in [-0.2, 0) is 0 Å². The molecule has 0 unspecified atom stereocenters. The Hall–Kier alpha value is -1.89. The third-order valence-electron chi connectivity index (χ3n) is 3.08. The molecule has 3 nitrogen and oxygen atoms in total. The first-order valence-electron chi connectivity index (χ1n) is 5.52. The second kappa shape index (κ2) is 4.17. The maximum absolute atomic E-state index is 13.3. The Bertz CT molecular complexity index is 501. The van der Waals surface area contributed by atoms with Crippen molar-refractivity contribution >= 4 is 5.91 Å². The van der Waals surface area contributed by atoms with Gasteiger partial charge in [-0.05, 0) is 37.5 Å². The first-order valence-corrected chi connectivity index (χ1v) is 5.52. The van der Waals surface area contributed by atoms with Gasteiger partial charge in [0.25, 0.3) is 5.91 Å². The number of nitrogens with one attached hydrogen (secondary N) is 1. The molecule has 0 aliphatic heterocycles.